The molecule has 120 valence electrons. The predicted molar refractivity (Wildman–Crippen MR) is 84.8 cm³/mol. The molecule has 0 bridgehead atoms. The van der Waals surface area contributed by atoms with Crippen molar-refractivity contribution < 1.29 is 18.6 Å². The fourth-order valence-corrected chi connectivity index (χ4v) is 2.28. The summed E-state index contributed by atoms with van der Waals surface area (Å²) in [7, 11) is 4.87. The lowest BCUT2D eigenvalue weighted by atomic mass is 10.1. The Morgan fingerprint density at radius 2 is 1.64 bits per heavy atom. The third-order valence-corrected chi connectivity index (χ3v) is 3.57. The first-order chi connectivity index (χ1) is 10.6. The second-order valence-electron chi connectivity index (χ2n) is 5.07. The number of rotatable bonds is 7. The lowest BCUT2D eigenvalue weighted by Crippen LogP contribution is -2.18. The summed E-state index contributed by atoms with van der Waals surface area (Å²) >= 11 is 0. The number of benzene rings is 1. The number of nitrogens with one attached hydrogen (secondary N) is 1. The van der Waals surface area contributed by atoms with Crippen LogP contribution in [0.2, 0.25) is 0 Å². The third-order valence-electron chi connectivity index (χ3n) is 3.57. The van der Waals surface area contributed by atoms with Crippen LogP contribution in [-0.4, -0.2) is 21.3 Å². The third kappa shape index (κ3) is 3.54. The van der Waals surface area contributed by atoms with Crippen LogP contribution in [0.25, 0.3) is 0 Å². The zero-order valence-electron chi connectivity index (χ0n) is 13.7. The van der Waals surface area contributed by atoms with E-state index in [1.807, 2.05) is 31.2 Å². The molecule has 0 aliphatic carbocycles. The topological polar surface area (TPSA) is 52.9 Å². The summed E-state index contributed by atoms with van der Waals surface area (Å²) in [5.41, 5.74) is 0.996. The van der Waals surface area contributed by atoms with Gasteiger partial charge in [-0.15, -0.1) is 0 Å². The van der Waals surface area contributed by atoms with Crippen molar-refractivity contribution in [2.24, 2.45) is 0 Å². The fourth-order valence-electron chi connectivity index (χ4n) is 2.28. The Morgan fingerprint density at radius 1 is 1.00 bits per heavy atom. The summed E-state index contributed by atoms with van der Waals surface area (Å²) in [5, 5.41) is 3.42. The van der Waals surface area contributed by atoms with Crippen molar-refractivity contribution >= 4 is 0 Å². The molecular formula is C17H23NO4. The van der Waals surface area contributed by atoms with E-state index in [1.165, 1.54) is 0 Å². The van der Waals surface area contributed by atoms with E-state index in [9.17, 15) is 0 Å². The average Bonchev–Trinajstić information content (AvgIpc) is 2.98. The summed E-state index contributed by atoms with van der Waals surface area (Å²) in [6, 6.07) is 7.80. The van der Waals surface area contributed by atoms with Gasteiger partial charge in [0, 0.05) is 18.2 Å². The zero-order chi connectivity index (χ0) is 16.1. The Labute approximate surface area is 131 Å². The maximum atomic E-state index is 5.63. The molecule has 1 heterocycles. The van der Waals surface area contributed by atoms with E-state index in [0.717, 1.165) is 22.8 Å². The van der Waals surface area contributed by atoms with Gasteiger partial charge >= 0.3 is 0 Å². The fraction of sp³-hybridized carbons (Fsp3) is 0.412. The van der Waals surface area contributed by atoms with Gasteiger partial charge in [-0.3, -0.25) is 0 Å². The van der Waals surface area contributed by atoms with Crippen molar-refractivity contribution in [1.82, 2.24) is 5.32 Å². The quantitative estimate of drug-likeness (QED) is 0.849. The summed E-state index contributed by atoms with van der Waals surface area (Å²) < 4.78 is 21.7. The number of hydrogen-bond acceptors (Lipinski definition) is 5. The van der Waals surface area contributed by atoms with Crippen LogP contribution in [0, 0.1) is 6.92 Å². The molecule has 0 aliphatic rings. The van der Waals surface area contributed by atoms with E-state index >= 15 is 0 Å². The number of ether oxygens (including phenoxy) is 3. The van der Waals surface area contributed by atoms with Crippen molar-refractivity contribution in [3.63, 3.8) is 0 Å². The van der Waals surface area contributed by atoms with Crippen molar-refractivity contribution in [2.75, 3.05) is 21.3 Å². The van der Waals surface area contributed by atoms with Gasteiger partial charge in [-0.05, 0) is 32.0 Å². The summed E-state index contributed by atoms with van der Waals surface area (Å²) in [5.74, 6) is 3.91. The Kier molecular flexibility index (Phi) is 5.33. The lowest BCUT2D eigenvalue weighted by molar-refractivity contribution is 0.346. The molecule has 0 fully saturated rings. The van der Waals surface area contributed by atoms with E-state index in [2.05, 4.69) is 12.2 Å². The molecule has 0 saturated heterocycles. The van der Waals surface area contributed by atoms with Gasteiger partial charge in [0.15, 0.2) is 11.5 Å². The minimum atomic E-state index is 0.103. The highest BCUT2D eigenvalue weighted by Crippen LogP contribution is 2.34. The number of hydrogen-bond donors (Lipinski definition) is 1. The first-order valence-electron chi connectivity index (χ1n) is 7.17. The molecule has 0 radical (unpaired) electrons. The number of aryl methyl sites for hydroxylation is 1. The molecule has 1 aromatic carbocycles. The van der Waals surface area contributed by atoms with Crippen molar-refractivity contribution in [1.29, 1.82) is 0 Å². The monoisotopic (exact) mass is 305 g/mol. The highest BCUT2D eigenvalue weighted by atomic mass is 16.5. The van der Waals surface area contributed by atoms with Crippen molar-refractivity contribution in [2.45, 2.75) is 26.4 Å². The molecule has 0 amide bonds. The van der Waals surface area contributed by atoms with Crippen LogP contribution >= 0.6 is 0 Å². The van der Waals surface area contributed by atoms with Gasteiger partial charge in [0.05, 0.1) is 27.4 Å². The lowest BCUT2D eigenvalue weighted by Gasteiger charge is -2.16. The molecule has 5 heteroatoms. The Morgan fingerprint density at radius 3 is 2.18 bits per heavy atom. The first-order valence-corrected chi connectivity index (χ1v) is 7.17. The van der Waals surface area contributed by atoms with Crippen LogP contribution in [0.15, 0.2) is 28.7 Å². The smallest absolute Gasteiger partial charge is 0.164 e. The van der Waals surface area contributed by atoms with Gasteiger partial charge in [0.2, 0.25) is 0 Å². The highest BCUT2D eigenvalue weighted by molar-refractivity contribution is 5.50. The van der Waals surface area contributed by atoms with E-state index in [1.54, 1.807) is 21.3 Å². The Bertz CT molecular complexity index is 621. The van der Waals surface area contributed by atoms with Crippen LogP contribution in [-0.2, 0) is 6.54 Å². The number of methoxy groups -OCH3 is 3. The van der Waals surface area contributed by atoms with E-state index in [0.29, 0.717) is 18.0 Å². The predicted octanol–water partition coefficient (Wildman–Crippen LogP) is 3.46. The van der Waals surface area contributed by atoms with E-state index in [-0.39, 0.29) is 6.04 Å². The van der Waals surface area contributed by atoms with Crippen molar-refractivity contribution in [3.8, 4) is 17.2 Å². The molecule has 2 rings (SSSR count). The molecule has 0 spiro atoms. The summed E-state index contributed by atoms with van der Waals surface area (Å²) in [6.45, 7) is 4.63. The van der Waals surface area contributed by atoms with Gasteiger partial charge in [-0.25, -0.2) is 0 Å². The normalized spacial score (nSPS) is 12.0. The maximum absolute atomic E-state index is 5.63. The van der Waals surface area contributed by atoms with Gasteiger partial charge in [-0.2, -0.15) is 0 Å². The molecule has 0 unspecified atom stereocenters. The zero-order valence-corrected chi connectivity index (χ0v) is 13.7. The first kappa shape index (κ1) is 16.2. The minimum absolute atomic E-state index is 0.103. The highest BCUT2D eigenvalue weighted by Gasteiger charge is 2.14. The van der Waals surface area contributed by atoms with Crippen LogP contribution in [0.3, 0.4) is 0 Å². The van der Waals surface area contributed by atoms with E-state index < -0.39 is 0 Å². The standard InChI is InChI=1S/C17H23NO4/c1-11-6-7-14(22-11)12(2)18-10-13-8-16(20-4)17(21-5)9-15(13)19-3/h6-9,12,18H,10H2,1-5H3/t12-/m1/s1. The Balaban J connectivity index is 2.14. The molecule has 0 aliphatic heterocycles. The van der Waals surface area contributed by atoms with Crippen LogP contribution in [0.1, 0.15) is 30.0 Å². The Hall–Kier alpha value is -2.14. The van der Waals surface area contributed by atoms with Crippen LogP contribution in [0.5, 0.6) is 17.2 Å². The molecule has 1 atom stereocenters. The molecule has 0 saturated carbocycles. The summed E-state index contributed by atoms with van der Waals surface area (Å²) in [6.07, 6.45) is 0. The van der Waals surface area contributed by atoms with Crippen LogP contribution in [0.4, 0.5) is 0 Å². The molecule has 5 nitrogen and oxygen atoms in total. The second kappa shape index (κ2) is 7.22. The molecule has 1 aromatic heterocycles. The number of furan rings is 1. The van der Waals surface area contributed by atoms with Gasteiger partial charge in [-0.1, -0.05) is 0 Å². The SMILES string of the molecule is COc1cc(OC)c(OC)cc1CN[C@H](C)c1ccc(C)o1. The van der Waals surface area contributed by atoms with Gasteiger partial charge < -0.3 is 23.9 Å². The maximum Gasteiger partial charge on any atom is 0.164 e. The summed E-state index contributed by atoms with van der Waals surface area (Å²) in [4.78, 5) is 0. The largest absolute Gasteiger partial charge is 0.496 e. The molecular weight excluding hydrogens is 282 g/mol. The molecule has 22 heavy (non-hydrogen) atoms. The second-order valence-corrected chi connectivity index (χ2v) is 5.07. The molecule has 2 aromatic rings. The minimum Gasteiger partial charge on any atom is -0.496 e. The van der Waals surface area contributed by atoms with Crippen molar-refractivity contribution in [3.05, 3.63) is 41.3 Å². The van der Waals surface area contributed by atoms with Crippen LogP contribution < -0.4 is 19.5 Å². The average molecular weight is 305 g/mol. The molecule has 1 N–H and O–H groups in total. The van der Waals surface area contributed by atoms with Gasteiger partial charge in [0.1, 0.15) is 17.3 Å². The van der Waals surface area contributed by atoms with Gasteiger partial charge in [0.25, 0.3) is 0 Å². The van der Waals surface area contributed by atoms with E-state index in [4.69, 9.17) is 18.6 Å².